The number of esters is 1. The number of hydrogen-bond acceptors (Lipinski definition) is 5. The molecular weight excluding hydrogens is 388 g/mol. The molecule has 1 unspecified atom stereocenters. The van der Waals surface area contributed by atoms with E-state index in [1.165, 1.54) is 7.11 Å². The Hall–Kier alpha value is -2.51. The summed E-state index contributed by atoms with van der Waals surface area (Å²) >= 11 is 11.3. The molecule has 27 heavy (non-hydrogen) atoms. The van der Waals surface area contributed by atoms with Gasteiger partial charge in [0.25, 0.3) is 0 Å². The molecule has 2 N–H and O–H groups in total. The van der Waals surface area contributed by atoms with Gasteiger partial charge in [-0.2, -0.15) is 0 Å². The van der Waals surface area contributed by atoms with Crippen molar-refractivity contribution in [1.82, 2.24) is 5.32 Å². The fourth-order valence-electron chi connectivity index (χ4n) is 2.25. The molecular formula is C19H21ClN2O4S. The van der Waals surface area contributed by atoms with Crippen LogP contribution in [0.1, 0.15) is 17.3 Å². The lowest BCUT2D eigenvalue weighted by Crippen LogP contribution is -2.39. The molecule has 8 heteroatoms. The topological polar surface area (TPSA) is 68.8 Å². The zero-order valence-electron chi connectivity index (χ0n) is 15.2. The minimum absolute atomic E-state index is 0.0673. The predicted molar refractivity (Wildman–Crippen MR) is 110 cm³/mol. The summed E-state index contributed by atoms with van der Waals surface area (Å²) in [4.78, 5) is 11.7. The minimum Gasteiger partial charge on any atom is -0.493 e. The van der Waals surface area contributed by atoms with E-state index in [0.717, 1.165) is 0 Å². The third kappa shape index (κ3) is 6.01. The lowest BCUT2D eigenvalue weighted by atomic mass is 10.2. The maximum atomic E-state index is 11.7. The number of halogens is 1. The van der Waals surface area contributed by atoms with Gasteiger partial charge in [0.05, 0.1) is 30.8 Å². The van der Waals surface area contributed by atoms with Crippen LogP contribution in [0.15, 0.2) is 42.5 Å². The monoisotopic (exact) mass is 408 g/mol. The average Bonchev–Trinajstić information content (AvgIpc) is 2.67. The van der Waals surface area contributed by atoms with Crippen LogP contribution in [0.5, 0.6) is 11.5 Å². The Morgan fingerprint density at radius 2 is 1.89 bits per heavy atom. The van der Waals surface area contributed by atoms with Crippen LogP contribution >= 0.6 is 23.8 Å². The number of thiocarbonyl (C=S) groups is 1. The average molecular weight is 409 g/mol. The molecule has 0 spiro atoms. The number of hydrogen-bond donors (Lipinski definition) is 2. The number of methoxy groups -OCH3 is 2. The molecule has 0 aromatic heterocycles. The fraction of sp³-hybridized carbons (Fsp3) is 0.263. The maximum absolute atomic E-state index is 11.7. The third-order valence-electron chi connectivity index (χ3n) is 3.56. The number of rotatable bonds is 7. The SMILES string of the molecule is COC(=O)c1cc(NC(=S)NC(C)COc2ccccc2OC)ccc1Cl. The Kier molecular flexibility index (Phi) is 7.69. The summed E-state index contributed by atoms with van der Waals surface area (Å²) in [5.74, 6) is 0.816. The molecule has 2 aromatic rings. The second-order valence-electron chi connectivity index (χ2n) is 5.65. The largest absolute Gasteiger partial charge is 0.493 e. The Bertz CT molecular complexity index is 816. The van der Waals surface area contributed by atoms with Crippen LogP contribution in [0.3, 0.4) is 0 Å². The molecule has 2 rings (SSSR count). The van der Waals surface area contributed by atoms with E-state index in [-0.39, 0.29) is 11.6 Å². The van der Waals surface area contributed by atoms with Gasteiger partial charge in [0.15, 0.2) is 16.6 Å². The first-order valence-corrected chi connectivity index (χ1v) is 8.94. The molecule has 1 atom stereocenters. The van der Waals surface area contributed by atoms with Gasteiger partial charge in [-0.1, -0.05) is 23.7 Å². The van der Waals surface area contributed by atoms with Crippen LogP contribution < -0.4 is 20.1 Å². The maximum Gasteiger partial charge on any atom is 0.339 e. The number of nitrogens with one attached hydrogen (secondary N) is 2. The van der Waals surface area contributed by atoms with Crippen molar-refractivity contribution in [2.75, 3.05) is 26.1 Å². The Labute approximate surface area is 168 Å². The van der Waals surface area contributed by atoms with E-state index in [4.69, 9.17) is 38.0 Å². The van der Waals surface area contributed by atoms with Gasteiger partial charge in [-0.15, -0.1) is 0 Å². The van der Waals surface area contributed by atoms with Gasteiger partial charge in [-0.05, 0) is 49.5 Å². The molecule has 0 radical (unpaired) electrons. The molecule has 144 valence electrons. The van der Waals surface area contributed by atoms with Crippen molar-refractivity contribution < 1.29 is 19.0 Å². The van der Waals surface area contributed by atoms with E-state index in [1.54, 1.807) is 25.3 Å². The Morgan fingerprint density at radius 3 is 2.56 bits per heavy atom. The Morgan fingerprint density at radius 1 is 1.19 bits per heavy atom. The number of carbonyl (C=O) groups excluding carboxylic acids is 1. The van der Waals surface area contributed by atoms with E-state index in [1.807, 2.05) is 31.2 Å². The molecule has 0 aliphatic carbocycles. The van der Waals surface area contributed by atoms with Crippen molar-refractivity contribution in [3.63, 3.8) is 0 Å². The van der Waals surface area contributed by atoms with Crippen LogP contribution in [0.2, 0.25) is 5.02 Å². The normalized spacial score (nSPS) is 11.3. The molecule has 2 aromatic carbocycles. The van der Waals surface area contributed by atoms with Crippen LogP contribution in [-0.2, 0) is 4.74 Å². The van der Waals surface area contributed by atoms with E-state index in [0.29, 0.717) is 33.9 Å². The van der Waals surface area contributed by atoms with E-state index >= 15 is 0 Å². The molecule has 0 fully saturated rings. The van der Waals surface area contributed by atoms with E-state index < -0.39 is 5.97 Å². The quantitative estimate of drug-likeness (QED) is 0.532. The lowest BCUT2D eigenvalue weighted by molar-refractivity contribution is 0.0601. The highest BCUT2D eigenvalue weighted by Crippen LogP contribution is 2.25. The number of anilines is 1. The highest BCUT2D eigenvalue weighted by molar-refractivity contribution is 7.80. The van der Waals surface area contributed by atoms with Crippen molar-refractivity contribution in [3.05, 3.63) is 53.1 Å². The lowest BCUT2D eigenvalue weighted by Gasteiger charge is -2.18. The minimum atomic E-state index is -0.513. The molecule has 0 heterocycles. The van der Waals surface area contributed by atoms with Gasteiger partial charge in [0.1, 0.15) is 6.61 Å². The number of benzene rings is 2. The van der Waals surface area contributed by atoms with Crippen LogP contribution in [0.4, 0.5) is 5.69 Å². The zero-order chi connectivity index (χ0) is 19.8. The summed E-state index contributed by atoms with van der Waals surface area (Å²) in [6.07, 6.45) is 0. The van der Waals surface area contributed by atoms with Gasteiger partial charge >= 0.3 is 5.97 Å². The second-order valence-corrected chi connectivity index (χ2v) is 6.46. The predicted octanol–water partition coefficient (Wildman–Crippen LogP) is 3.89. The smallest absolute Gasteiger partial charge is 0.339 e. The fourth-order valence-corrected chi connectivity index (χ4v) is 2.77. The van der Waals surface area contributed by atoms with Gasteiger partial charge < -0.3 is 24.8 Å². The molecule has 0 bridgehead atoms. The van der Waals surface area contributed by atoms with Crippen molar-refractivity contribution in [3.8, 4) is 11.5 Å². The summed E-state index contributed by atoms with van der Waals surface area (Å²) in [5, 5.41) is 6.84. The van der Waals surface area contributed by atoms with Crippen molar-refractivity contribution in [2.45, 2.75) is 13.0 Å². The van der Waals surface area contributed by atoms with Gasteiger partial charge in [0, 0.05) is 5.69 Å². The van der Waals surface area contributed by atoms with Gasteiger partial charge in [-0.3, -0.25) is 0 Å². The van der Waals surface area contributed by atoms with Crippen molar-refractivity contribution in [2.24, 2.45) is 0 Å². The van der Waals surface area contributed by atoms with Crippen molar-refractivity contribution >= 4 is 40.6 Å². The summed E-state index contributed by atoms with van der Waals surface area (Å²) in [5.41, 5.74) is 0.884. The zero-order valence-corrected chi connectivity index (χ0v) is 16.8. The molecule has 0 saturated heterocycles. The van der Waals surface area contributed by atoms with Gasteiger partial charge in [0.2, 0.25) is 0 Å². The van der Waals surface area contributed by atoms with Crippen molar-refractivity contribution in [1.29, 1.82) is 0 Å². The highest BCUT2D eigenvalue weighted by Gasteiger charge is 2.13. The van der Waals surface area contributed by atoms with Crippen LogP contribution in [-0.4, -0.2) is 38.0 Å². The summed E-state index contributed by atoms with van der Waals surface area (Å²) < 4.78 is 15.7. The standard InChI is InChI=1S/C19H21ClN2O4S/c1-12(11-26-17-7-5-4-6-16(17)24-2)21-19(27)22-13-8-9-15(20)14(10-13)18(23)25-3/h4-10,12H,11H2,1-3H3,(H2,21,22,27). The molecule has 0 saturated carbocycles. The number of carbonyl (C=O) groups is 1. The number of ether oxygens (including phenoxy) is 3. The molecule has 0 amide bonds. The van der Waals surface area contributed by atoms with Crippen LogP contribution in [0.25, 0.3) is 0 Å². The second kappa shape index (κ2) is 9.99. The third-order valence-corrected chi connectivity index (χ3v) is 4.11. The molecule has 0 aliphatic rings. The highest BCUT2D eigenvalue weighted by atomic mass is 35.5. The van der Waals surface area contributed by atoms with Gasteiger partial charge in [-0.25, -0.2) is 4.79 Å². The summed E-state index contributed by atoms with van der Waals surface area (Å²) in [6.45, 7) is 2.32. The first-order valence-electron chi connectivity index (χ1n) is 8.15. The first-order chi connectivity index (χ1) is 12.9. The van der Waals surface area contributed by atoms with E-state index in [2.05, 4.69) is 10.6 Å². The first kappa shape index (κ1) is 20.8. The Balaban J connectivity index is 1.90. The van der Waals surface area contributed by atoms with E-state index in [9.17, 15) is 4.79 Å². The summed E-state index contributed by atoms with van der Waals surface area (Å²) in [6, 6.07) is 12.3. The summed E-state index contributed by atoms with van der Waals surface area (Å²) in [7, 11) is 2.89. The molecule has 6 nitrogen and oxygen atoms in total. The number of para-hydroxylation sites is 2. The van der Waals surface area contributed by atoms with Crippen LogP contribution in [0, 0.1) is 0 Å². The molecule has 0 aliphatic heterocycles.